The van der Waals surface area contributed by atoms with Crippen molar-refractivity contribution >= 4 is 36.9 Å². The average Bonchev–Trinajstić information content (AvgIpc) is 2.94. The van der Waals surface area contributed by atoms with E-state index in [0.29, 0.717) is 22.9 Å². The van der Waals surface area contributed by atoms with E-state index in [4.69, 9.17) is 0 Å². The van der Waals surface area contributed by atoms with E-state index in [2.05, 4.69) is 22.0 Å². The maximum Gasteiger partial charge on any atom is 0.248 e. The van der Waals surface area contributed by atoms with Crippen molar-refractivity contribution in [3.05, 3.63) is 58.2 Å². The van der Waals surface area contributed by atoms with Gasteiger partial charge in [0.1, 0.15) is 4.75 Å². The van der Waals surface area contributed by atoms with E-state index >= 15 is 0 Å². The van der Waals surface area contributed by atoms with Gasteiger partial charge in [-0.05, 0) is 44.0 Å². The number of aromatic nitrogens is 1. The van der Waals surface area contributed by atoms with Gasteiger partial charge in [-0.25, -0.2) is 12.4 Å². The number of fused-ring (bicyclic) bond motifs is 1. The van der Waals surface area contributed by atoms with Gasteiger partial charge in [-0.15, -0.1) is 0 Å². The van der Waals surface area contributed by atoms with Crippen molar-refractivity contribution in [2.24, 2.45) is 0 Å². The Labute approximate surface area is 143 Å². The van der Waals surface area contributed by atoms with Crippen molar-refractivity contribution in [2.45, 2.75) is 25.0 Å². The molecule has 0 saturated carbocycles. The molecule has 0 saturated heterocycles. The van der Waals surface area contributed by atoms with Gasteiger partial charge < -0.3 is 0 Å². The van der Waals surface area contributed by atoms with Crippen LogP contribution in [0.15, 0.2) is 47.1 Å². The number of hydrogen-bond acceptors (Lipinski definition) is 3. The molecule has 1 heterocycles. The molecule has 1 aromatic heterocycles. The number of nitriles is 1. The third kappa shape index (κ3) is 2.35. The summed E-state index contributed by atoms with van der Waals surface area (Å²) in [5, 5.41) is 9.90. The van der Waals surface area contributed by atoms with Crippen LogP contribution in [0, 0.1) is 18.3 Å². The first kappa shape index (κ1) is 16.0. The second kappa shape index (κ2) is 5.36. The zero-order chi connectivity index (χ0) is 16.8. The Morgan fingerprint density at radius 1 is 1.35 bits per heavy atom. The van der Waals surface area contributed by atoms with Crippen LogP contribution in [0.5, 0.6) is 0 Å². The first-order valence-electron chi connectivity index (χ1n) is 7.11. The highest BCUT2D eigenvalue weighted by Gasteiger charge is 2.39. The number of allylic oxidation sites excluding steroid dienone is 3. The molecule has 6 heteroatoms. The van der Waals surface area contributed by atoms with Crippen LogP contribution in [0.2, 0.25) is 0 Å². The van der Waals surface area contributed by atoms with Gasteiger partial charge in [0.2, 0.25) is 10.0 Å². The van der Waals surface area contributed by atoms with E-state index in [9.17, 15) is 13.7 Å². The predicted octanol–water partition coefficient (Wildman–Crippen LogP) is 4.00. The van der Waals surface area contributed by atoms with Crippen LogP contribution in [0.1, 0.15) is 24.5 Å². The third-order valence-corrected chi connectivity index (χ3v) is 7.01. The summed E-state index contributed by atoms with van der Waals surface area (Å²) < 4.78 is 27.5. The topological polar surface area (TPSA) is 62.9 Å². The zero-order valence-corrected chi connectivity index (χ0v) is 15.1. The summed E-state index contributed by atoms with van der Waals surface area (Å²) in [4.78, 5) is 0. The van der Waals surface area contributed by atoms with Crippen LogP contribution in [0.4, 0.5) is 0 Å². The van der Waals surface area contributed by atoms with Crippen LogP contribution < -0.4 is 0 Å². The Kier molecular flexibility index (Phi) is 3.74. The highest BCUT2D eigenvalue weighted by atomic mass is 79.9. The summed E-state index contributed by atoms with van der Waals surface area (Å²) in [7, 11) is -3.68. The monoisotopic (exact) mass is 390 g/mol. The minimum Gasteiger partial charge on any atom is -0.244 e. The van der Waals surface area contributed by atoms with Crippen LogP contribution >= 0.6 is 15.9 Å². The highest BCUT2D eigenvalue weighted by molar-refractivity contribution is 9.11. The minimum atomic E-state index is -3.68. The van der Waals surface area contributed by atoms with Gasteiger partial charge in [0.25, 0.3) is 0 Å². The Morgan fingerprint density at radius 2 is 2.09 bits per heavy atom. The normalized spacial score (nSPS) is 21.2. The van der Waals surface area contributed by atoms with Gasteiger partial charge in [-0.2, -0.15) is 5.26 Å². The number of nitrogens with zero attached hydrogens (tertiary/aromatic N) is 2. The molecular formula is C17H15BrN2O2S. The van der Waals surface area contributed by atoms with Crippen molar-refractivity contribution in [1.82, 2.24) is 3.97 Å². The summed E-state index contributed by atoms with van der Waals surface area (Å²) in [5.41, 5.74) is 1.87. The van der Waals surface area contributed by atoms with E-state index in [1.54, 1.807) is 37.4 Å². The molecule has 0 fully saturated rings. The Hall–Kier alpha value is -1.84. The second-order valence-electron chi connectivity index (χ2n) is 5.87. The summed E-state index contributed by atoms with van der Waals surface area (Å²) in [6.07, 6.45) is 7.36. The van der Waals surface area contributed by atoms with Crippen LogP contribution in [0.25, 0.3) is 10.9 Å². The largest absolute Gasteiger partial charge is 0.248 e. The van der Waals surface area contributed by atoms with E-state index in [0.717, 1.165) is 10.0 Å². The van der Waals surface area contributed by atoms with Gasteiger partial charge in [-0.3, -0.25) is 0 Å². The molecule has 0 bridgehead atoms. The van der Waals surface area contributed by atoms with Gasteiger partial charge >= 0.3 is 0 Å². The fourth-order valence-electron chi connectivity index (χ4n) is 2.90. The lowest BCUT2D eigenvalue weighted by atomic mass is 10.0. The quantitative estimate of drug-likeness (QED) is 0.778. The van der Waals surface area contributed by atoms with E-state index in [1.807, 2.05) is 19.1 Å². The molecule has 0 aliphatic heterocycles. The van der Waals surface area contributed by atoms with Gasteiger partial charge in [0.05, 0.1) is 17.1 Å². The van der Waals surface area contributed by atoms with Crippen LogP contribution in [0.3, 0.4) is 0 Å². The lowest BCUT2D eigenvalue weighted by molar-refractivity contribution is 0.554. The molecule has 1 atom stereocenters. The average molecular weight is 391 g/mol. The van der Waals surface area contributed by atoms with E-state index in [-0.39, 0.29) is 0 Å². The van der Waals surface area contributed by atoms with Crippen molar-refractivity contribution in [2.75, 3.05) is 0 Å². The molecule has 2 aromatic rings. The molecule has 3 rings (SSSR count). The summed E-state index contributed by atoms with van der Waals surface area (Å²) in [6, 6.07) is 7.31. The Bertz CT molecular complexity index is 1010. The molecule has 23 heavy (non-hydrogen) atoms. The lowest BCUT2D eigenvalue weighted by Gasteiger charge is -2.28. The van der Waals surface area contributed by atoms with Crippen molar-refractivity contribution in [3.8, 4) is 6.07 Å². The molecule has 118 valence electrons. The molecule has 1 aliphatic rings. The lowest BCUT2D eigenvalue weighted by Crippen LogP contribution is -2.38. The summed E-state index contributed by atoms with van der Waals surface area (Å²) in [6.45, 7) is 3.56. The molecule has 4 nitrogen and oxygen atoms in total. The molecule has 0 N–H and O–H groups in total. The SMILES string of the molecule is Cc1ccc(C#N)c2ccn(S(=O)(=O)C3(C)C=C(Br)C=CC3)c12. The Balaban J connectivity index is 2.29. The maximum atomic E-state index is 13.3. The number of aryl methyl sites for hydroxylation is 1. The first-order chi connectivity index (χ1) is 10.8. The highest BCUT2D eigenvalue weighted by Crippen LogP contribution is 2.35. The number of rotatable bonds is 2. The molecule has 1 aromatic carbocycles. The predicted molar refractivity (Wildman–Crippen MR) is 94.9 cm³/mol. The third-order valence-electron chi connectivity index (χ3n) is 4.23. The van der Waals surface area contributed by atoms with Gasteiger partial charge in [0.15, 0.2) is 0 Å². The standard InChI is InChI=1S/C17H15BrN2O2S/c1-12-5-6-13(11-19)15-7-9-20(16(12)15)23(21,22)17(2)8-3-4-14(18)10-17/h3-7,9-10H,8H2,1-2H3. The van der Waals surface area contributed by atoms with Gasteiger partial charge in [-0.1, -0.05) is 34.1 Å². The van der Waals surface area contributed by atoms with Crippen molar-refractivity contribution < 1.29 is 8.42 Å². The minimum absolute atomic E-state index is 0.404. The molecule has 0 amide bonds. The molecule has 0 spiro atoms. The smallest absolute Gasteiger partial charge is 0.244 e. The maximum absolute atomic E-state index is 13.3. The van der Waals surface area contributed by atoms with Crippen LogP contribution in [-0.2, 0) is 10.0 Å². The number of benzene rings is 1. The summed E-state index contributed by atoms with van der Waals surface area (Å²) >= 11 is 3.36. The second-order valence-corrected chi connectivity index (χ2v) is 9.06. The van der Waals surface area contributed by atoms with Crippen molar-refractivity contribution in [1.29, 1.82) is 5.26 Å². The fourth-order valence-corrected chi connectivity index (χ4v) is 5.48. The fraction of sp³-hybridized carbons (Fsp3) is 0.235. The summed E-state index contributed by atoms with van der Waals surface area (Å²) in [5.74, 6) is 0. The van der Waals surface area contributed by atoms with Gasteiger partial charge in [0, 0.05) is 16.1 Å². The molecular weight excluding hydrogens is 376 g/mol. The Morgan fingerprint density at radius 3 is 2.74 bits per heavy atom. The van der Waals surface area contributed by atoms with E-state index < -0.39 is 14.8 Å². The molecule has 1 unspecified atom stereocenters. The zero-order valence-electron chi connectivity index (χ0n) is 12.7. The number of halogens is 1. The first-order valence-corrected chi connectivity index (χ1v) is 9.34. The van der Waals surface area contributed by atoms with E-state index in [1.165, 1.54) is 3.97 Å². The number of hydrogen-bond donors (Lipinski definition) is 0. The molecule has 1 aliphatic carbocycles. The molecule has 0 radical (unpaired) electrons. The van der Waals surface area contributed by atoms with Crippen molar-refractivity contribution in [3.63, 3.8) is 0 Å². The van der Waals surface area contributed by atoms with Crippen LogP contribution in [-0.4, -0.2) is 17.1 Å².